The van der Waals surface area contributed by atoms with Crippen LogP contribution in [0.2, 0.25) is 0 Å². The second-order valence-electron chi connectivity index (χ2n) is 7.81. The number of benzene rings is 2. The zero-order chi connectivity index (χ0) is 20.2. The monoisotopic (exact) mass is 389 g/mol. The van der Waals surface area contributed by atoms with Gasteiger partial charge in [-0.25, -0.2) is 5.43 Å². The van der Waals surface area contributed by atoms with Gasteiger partial charge >= 0.3 is 0 Å². The quantitative estimate of drug-likeness (QED) is 0.468. The Labute approximate surface area is 171 Å². The third-order valence-corrected chi connectivity index (χ3v) is 5.43. The first kappa shape index (κ1) is 19.2. The van der Waals surface area contributed by atoms with Crippen LogP contribution >= 0.6 is 0 Å². The van der Waals surface area contributed by atoms with Gasteiger partial charge in [-0.1, -0.05) is 13.8 Å². The van der Waals surface area contributed by atoms with Gasteiger partial charge in [0.25, 0.3) is 5.91 Å². The highest BCUT2D eigenvalue weighted by molar-refractivity contribution is 5.99. The van der Waals surface area contributed by atoms with Crippen LogP contribution in [0.1, 0.15) is 53.9 Å². The number of amides is 1. The number of carbonyl (C=O) groups is 1. The van der Waals surface area contributed by atoms with Crippen LogP contribution in [0, 0.1) is 5.92 Å². The number of aryl methyl sites for hydroxylation is 1. The largest absolute Gasteiger partial charge is 0.494 e. The topological polar surface area (TPSA) is 66.5 Å². The fraction of sp³-hybridized carbons (Fsp3) is 0.333. The highest BCUT2D eigenvalue weighted by Gasteiger charge is 2.20. The number of hydrogen-bond donors (Lipinski definition) is 2. The summed E-state index contributed by atoms with van der Waals surface area (Å²) >= 11 is 0. The second-order valence-corrected chi connectivity index (χ2v) is 7.81. The van der Waals surface area contributed by atoms with Crippen LogP contribution < -0.4 is 10.2 Å². The van der Waals surface area contributed by atoms with Gasteiger partial charge < -0.3 is 9.72 Å². The maximum Gasteiger partial charge on any atom is 0.271 e. The Bertz CT molecular complexity index is 1030. The molecule has 1 aromatic heterocycles. The van der Waals surface area contributed by atoms with E-state index in [1.165, 1.54) is 17.7 Å². The minimum Gasteiger partial charge on any atom is -0.494 e. The molecule has 0 radical (unpaired) electrons. The van der Waals surface area contributed by atoms with Gasteiger partial charge in [-0.2, -0.15) is 5.10 Å². The molecular weight excluding hydrogens is 362 g/mol. The van der Waals surface area contributed by atoms with E-state index in [2.05, 4.69) is 29.4 Å². The van der Waals surface area contributed by atoms with E-state index in [9.17, 15) is 4.79 Å². The molecule has 1 heterocycles. The van der Waals surface area contributed by atoms with Gasteiger partial charge in [-0.15, -0.1) is 0 Å². The third kappa shape index (κ3) is 4.34. The Morgan fingerprint density at radius 3 is 2.90 bits per heavy atom. The van der Waals surface area contributed by atoms with Crippen LogP contribution in [0.5, 0.6) is 5.75 Å². The number of hydrogen-bond acceptors (Lipinski definition) is 3. The number of ether oxygens (including phenoxy) is 1. The molecule has 2 N–H and O–H groups in total. The number of aromatic amines is 1. The molecule has 2 aromatic carbocycles. The van der Waals surface area contributed by atoms with E-state index in [0.29, 0.717) is 18.1 Å². The fourth-order valence-electron chi connectivity index (χ4n) is 3.83. The zero-order valence-electron chi connectivity index (χ0n) is 17.0. The number of hydrazone groups is 1. The Morgan fingerprint density at radius 1 is 1.28 bits per heavy atom. The molecule has 0 saturated carbocycles. The number of aromatic nitrogens is 1. The van der Waals surface area contributed by atoms with Gasteiger partial charge in [0, 0.05) is 22.2 Å². The SMILES string of the molecule is CCCOc1ccc(/C=N\NC(=O)c2ccc3[nH]c4c(c3c2)CC(C)CC4)cc1. The van der Waals surface area contributed by atoms with Crippen molar-refractivity contribution in [2.24, 2.45) is 11.0 Å². The molecule has 0 aliphatic heterocycles. The fourth-order valence-corrected chi connectivity index (χ4v) is 3.83. The average Bonchev–Trinajstić information content (AvgIpc) is 3.10. The summed E-state index contributed by atoms with van der Waals surface area (Å²) in [6.45, 7) is 5.07. The molecule has 5 nitrogen and oxygen atoms in total. The Balaban J connectivity index is 1.43. The van der Waals surface area contributed by atoms with Crippen LogP contribution in [0.3, 0.4) is 0 Å². The molecule has 3 aromatic rings. The van der Waals surface area contributed by atoms with Gasteiger partial charge in [0.2, 0.25) is 0 Å². The lowest BCUT2D eigenvalue weighted by molar-refractivity contribution is 0.0955. The summed E-state index contributed by atoms with van der Waals surface area (Å²) in [5, 5.41) is 5.26. The van der Waals surface area contributed by atoms with Crippen molar-refractivity contribution in [3.8, 4) is 5.75 Å². The molecule has 1 aliphatic carbocycles. The lowest BCUT2D eigenvalue weighted by Crippen LogP contribution is -2.17. The summed E-state index contributed by atoms with van der Waals surface area (Å²) in [4.78, 5) is 16.1. The molecule has 0 saturated heterocycles. The predicted octanol–water partition coefficient (Wildman–Crippen LogP) is 4.85. The Kier molecular flexibility index (Phi) is 5.65. The standard InChI is InChI=1S/C24H27N3O2/c1-3-12-29-19-8-5-17(6-9-19)15-25-27-24(28)18-7-11-23-21(14-18)20-13-16(2)4-10-22(20)26-23/h5-9,11,14-16,26H,3-4,10,12-13H2,1-2H3,(H,27,28)/b25-15-. The van der Waals surface area contributed by atoms with Crippen LogP contribution in [-0.2, 0) is 12.8 Å². The number of rotatable bonds is 6. The first-order chi connectivity index (χ1) is 14.1. The van der Waals surface area contributed by atoms with Crippen molar-refractivity contribution in [2.45, 2.75) is 39.5 Å². The van der Waals surface area contributed by atoms with Crippen molar-refractivity contribution in [3.05, 3.63) is 64.8 Å². The molecule has 29 heavy (non-hydrogen) atoms. The van der Waals surface area contributed by atoms with E-state index >= 15 is 0 Å². The molecule has 1 unspecified atom stereocenters. The lowest BCUT2D eigenvalue weighted by Gasteiger charge is -2.18. The maximum absolute atomic E-state index is 12.6. The van der Waals surface area contributed by atoms with Crippen LogP contribution in [0.15, 0.2) is 47.6 Å². The number of nitrogens with one attached hydrogen (secondary N) is 2. The normalized spacial score (nSPS) is 16.1. The van der Waals surface area contributed by atoms with Crippen LogP contribution in [0.25, 0.3) is 10.9 Å². The molecule has 1 aliphatic rings. The van der Waals surface area contributed by atoms with Crippen molar-refractivity contribution < 1.29 is 9.53 Å². The molecule has 5 heteroatoms. The number of nitrogens with zero attached hydrogens (tertiary/aromatic N) is 1. The summed E-state index contributed by atoms with van der Waals surface area (Å²) < 4.78 is 5.57. The molecular formula is C24H27N3O2. The molecule has 0 bridgehead atoms. The first-order valence-electron chi connectivity index (χ1n) is 10.3. The maximum atomic E-state index is 12.6. The highest BCUT2D eigenvalue weighted by atomic mass is 16.5. The Morgan fingerprint density at radius 2 is 2.10 bits per heavy atom. The van der Waals surface area contributed by atoms with E-state index in [4.69, 9.17) is 4.74 Å². The van der Waals surface area contributed by atoms with E-state index in [0.717, 1.165) is 41.5 Å². The summed E-state index contributed by atoms with van der Waals surface area (Å²) in [7, 11) is 0. The minimum absolute atomic E-state index is 0.204. The molecule has 0 spiro atoms. The third-order valence-electron chi connectivity index (χ3n) is 5.43. The molecule has 0 fully saturated rings. The summed E-state index contributed by atoms with van der Waals surface area (Å²) in [5.41, 5.74) is 7.94. The smallest absolute Gasteiger partial charge is 0.271 e. The number of H-pyrrole nitrogens is 1. The van der Waals surface area contributed by atoms with E-state index in [1.54, 1.807) is 6.21 Å². The van der Waals surface area contributed by atoms with Crippen molar-refractivity contribution in [1.29, 1.82) is 0 Å². The average molecular weight is 389 g/mol. The number of carbonyl (C=O) groups excluding carboxylic acids is 1. The van der Waals surface area contributed by atoms with Crippen molar-refractivity contribution >= 4 is 23.0 Å². The van der Waals surface area contributed by atoms with Gasteiger partial charge in [-0.05, 0) is 85.2 Å². The molecule has 4 rings (SSSR count). The van der Waals surface area contributed by atoms with Crippen molar-refractivity contribution in [3.63, 3.8) is 0 Å². The Hall–Kier alpha value is -3.08. The summed E-state index contributed by atoms with van der Waals surface area (Å²) in [6, 6.07) is 13.5. The van der Waals surface area contributed by atoms with Gasteiger partial charge in [0.15, 0.2) is 0 Å². The first-order valence-corrected chi connectivity index (χ1v) is 10.3. The molecule has 150 valence electrons. The predicted molar refractivity (Wildman–Crippen MR) is 117 cm³/mol. The number of fused-ring (bicyclic) bond motifs is 3. The summed E-state index contributed by atoms with van der Waals surface area (Å²) in [5.74, 6) is 1.32. The second kappa shape index (κ2) is 8.52. The molecule has 1 atom stereocenters. The molecule has 1 amide bonds. The van der Waals surface area contributed by atoms with E-state index in [1.807, 2.05) is 42.5 Å². The van der Waals surface area contributed by atoms with Crippen molar-refractivity contribution in [2.75, 3.05) is 6.61 Å². The van der Waals surface area contributed by atoms with E-state index in [-0.39, 0.29) is 5.91 Å². The van der Waals surface area contributed by atoms with Crippen molar-refractivity contribution in [1.82, 2.24) is 10.4 Å². The minimum atomic E-state index is -0.204. The lowest BCUT2D eigenvalue weighted by atomic mass is 9.87. The van der Waals surface area contributed by atoms with E-state index < -0.39 is 0 Å². The van der Waals surface area contributed by atoms with Gasteiger partial charge in [0.05, 0.1) is 12.8 Å². The zero-order valence-corrected chi connectivity index (χ0v) is 17.0. The van der Waals surface area contributed by atoms with Gasteiger partial charge in [-0.3, -0.25) is 4.79 Å². The van der Waals surface area contributed by atoms with Gasteiger partial charge in [0.1, 0.15) is 5.75 Å². The summed E-state index contributed by atoms with van der Waals surface area (Å²) in [6.07, 6.45) is 5.98. The van der Waals surface area contributed by atoms with Crippen LogP contribution in [0.4, 0.5) is 0 Å². The van der Waals surface area contributed by atoms with Crippen LogP contribution in [-0.4, -0.2) is 23.7 Å². The highest BCUT2D eigenvalue weighted by Crippen LogP contribution is 2.32.